The molecule has 1 saturated heterocycles. The predicted molar refractivity (Wildman–Crippen MR) is 88.6 cm³/mol. The molecule has 2 aromatic carbocycles. The Balaban J connectivity index is 1.76. The second-order valence-electron chi connectivity index (χ2n) is 6.01. The first-order valence-corrected chi connectivity index (χ1v) is 7.89. The highest BCUT2D eigenvalue weighted by molar-refractivity contribution is 6.04. The van der Waals surface area contributed by atoms with E-state index in [2.05, 4.69) is 4.98 Å². The Bertz CT molecular complexity index is 908. The highest BCUT2D eigenvalue weighted by Crippen LogP contribution is 2.32. The van der Waals surface area contributed by atoms with Gasteiger partial charge in [-0.2, -0.15) is 0 Å². The van der Waals surface area contributed by atoms with E-state index in [1.54, 1.807) is 6.07 Å². The third-order valence-electron chi connectivity index (χ3n) is 4.52. The van der Waals surface area contributed by atoms with Crippen molar-refractivity contribution in [3.05, 3.63) is 59.5 Å². The van der Waals surface area contributed by atoms with Gasteiger partial charge in [-0.25, -0.2) is 9.18 Å². The Morgan fingerprint density at radius 1 is 1.25 bits per heavy atom. The largest absolute Gasteiger partial charge is 0.478 e. The van der Waals surface area contributed by atoms with Crippen molar-refractivity contribution in [2.24, 2.45) is 0 Å². The van der Waals surface area contributed by atoms with Crippen LogP contribution in [0.4, 0.5) is 4.39 Å². The van der Waals surface area contributed by atoms with E-state index in [0.29, 0.717) is 22.0 Å². The lowest BCUT2D eigenvalue weighted by molar-refractivity contribution is 0.0699. The number of nitrogens with one attached hydrogen (secondary N) is 1. The monoisotopic (exact) mass is 325 g/mol. The smallest absolute Gasteiger partial charge is 0.337 e. The molecule has 3 aromatic rings. The van der Waals surface area contributed by atoms with Crippen LogP contribution in [0.25, 0.3) is 22.0 Å². The first kappa shape index (κ1) is 14.9. The van der Waals surface area contributed by atoms with Gasteiger partial charge in [-0.15, -0.1) is 0 Å². The van der Waals surface area contributed by atoms with Gasteiger partial charge in [0.1, 0.15) is 5.82 Å². The van der Waals surface area contributed by atoms with Crippen molar-refractivity contribution in [2.75, 3.05) is 6.61 Å². The third kappa shape index (κ3) is 2.47. The van der Waals surface area contributed by atoms with Crippen molar-refractivity contribution in [1.82, 2.24) is 4.98 Å². The molecule has 2 heterocycles. The molecule has 4 rings (SSSR count). The van der Waals surface area contributed by atoms with Crippen molar-refractivity contribution in [3.63, 3.8) is 0 Å². The molecule has 0 amide bonds. The lowest BCUT2D eigenvalue weighted by atomic mass is 9.99. The van der Waals surface area contributed by atoms with E-state index in [0.717, 1.165) is 25.0 Å². The molecular weight excluding hydrogens is 309 g/mol. The second kappa shape index (κ2) is 5.76. The summed E-state index contributed by atoms with van der Waals surface area (Å²) in [5.41, 5.74) is 2.81. The highest BCUT2D eigenvalue weighted by atomic mass is 19.1. The average molecular weight is 325 g/mol. The van der Waals surface area contributed by atoms with Crippen LogP contribution in [0.5, 0.6) is 0 Å². The van der Waals surface area contributed by atoms with E-state index >= 15 is 0 Å². The normalized spacial score (nSPS) is 17.5. The lowest BCUT2D eigenvalue weighted by Crippen LogP contribution is -1.96. The lowest BCUT2D eigenvalue weighted by Gasteiger charge is -2.11. The van der Waals surface area contributed by atoms with Crippen LogP contribution in [0.1, 0.15) is 34.9 Å². The molecule has 0 bridgehead atoms. The first-order valence-electron chi connectivity index (χ1n) is 7.89. The summed E-state index contributed by atoms with van der Waals surface area (Å²) >= 11 is 0. The number of aromatic nitrogens is 1. The van der Waals surface area contributed by atoms with Gasteiger partial charge >= 0.3 is 5.97 Å². The fourth-order valence-electron chi connectivity index (χ4n) is 3.26. The summed E-state index contributed by atoms with van der Waals surface area (Å²) < 4.78 is 20.1. The molecule has 0 spiro atoms. The standard InChI is InChI=1S/C19H16FNO3/c20-16-9-17-14(15(10-21-17)19(22)23)8-13(16)11-3-5-12(6-4-11)18-2-1-7-24-18/h3-6,8-10,18,21H,1-2,7H2,(H,22,23)/t18-/m0/s1. The molecule has 24 heavy (non-hydrogen) atoms. The predicted octanol–water partition coefficient (Wildman–Crippen LogP) is 4.52. The number of aromatic amines is 1. The summed E-state index contributed by atoms with van der Waals surface area (Å²) in [7, 11) is 0. The van der Waals surface area contributed by atoms with Crippen LogP contribution in [0.15, 0.2) is 42.6 Å². The number of halogens is 1. The fraction of sp³-hybridized carbons (Fsp3) is 0.211. The second-order valence-corrected chi connectivity index (χ2v) is 6.01. The zero-order valence-corrected chi connectivity index (χ0v) is 12.9. The molecule has 0 aliphatic carbocycles. The summed E-state index contributed by atoms with van der Waals surface area (Å²) in [5, 5.41) is 9.73. The Kier molecular flexibility index (Phi) is 3.58. The quantitative estimate of drug-likeness (QED) is 0.744. The molecule has 1 aliphatic rings. The number of hydrogen-bond donors (Lipinski definition) is 2. The number of benzene rings is 2. The minimum Gasteiger partial charge on any atom is -0.478 e. The zero-order chi connectivity index (χ0) is 16.7. The SMILES string of the molecule is O=C(O)c1c[nH]c2cc(F)c(-c3ccc([C@@H]4CCCO4)cc3)cc12. The Morgan fingerprint density at radius 3 is 2.71 bits per heavy atom. The van der Waals surface area contributed by atoms with E-state index in [-0.39, 0.29) is 17.5 Å². The molecular formula is C19H16FNO3. The van der Waals surface area contributed by atoms with Crippen molar-refractivity contribution in [3.8, 4) is 11.1 Å². The van der Waals surface area contributed by atoms with Gasteiger partial charge in [-0.3, -0.25) is 0 Å². The molecule has 4 nitrogen and oxygen atoms in total. The molecule has 5 heteroatoms. The van der Waals surface area contributed by atoms with Gasteiger partial charge in [-0.1, -0.05) is 24.3 Å². The summed E-state index contributed by atoms with van der Waals surface area (Å²) in [5.74, 6) is -1.42. The third-order valence-corrected chi connectivity index (χ3v) is 4.52. The Hall–Kier alpha value is -2.66. The van der Waals surface area contributed by atoms with Gasteiger partial charge in [0.25, 0.3) is 0 Å². The van der Waals surface area contributed by atoms with E-state index in [1.807, 2.05) is 24.3 Å². The van der Waals surface area contributed by atoms with Gasteiger partial charge in [0, 0.05) is 29.3 Å². The van der Waals surface area contributed by atoms with Crippen molar-refractivity contribution >= 4 is 16.9 Å². The van der Waals surface area contributed by atoms with Gasteiger partial charge in [-0.05, 0) is 36.1 Å². The van der Waals surface area contributed by atoms with E-state index < -0.39 is 5.97 Å². The average Bonchev–Trinajstić information content (AvgIpc) is 3.23. The molecule has 0 saturated carbocycles. The van der Waals surface area contributed by atoms with Crippen LogP contribution in [0.3, 0.4) is 0 Å². The van der Waals surface area contributed by atoms with Crippen LogP contribution in [-0.4, -0.2) is 22.7 Å². The van der Waals surface area contributed by atoms with Crippen molar-refractivity contribution in [1.29, 1.82) is 0 Å². The van der Waals surface area contributed by atoms with Gasteiger partial charge in [0.2, 0.25) is 0 Å². The number of aromatic carboxylic acids is 1. The van der Waals surface area contributed by atoms with Crippen LogP contribution in [0.2, 0.25) is 0 Å². The van der Waals surface area contributed by atoms with Crippen molar-refractivity contribution in [2.45, 2.75) is 18.9 Å². The first-order chi connectivity index (χ1) is 11.6. The van der Waals surface area contributed by atoms with Crippen LogP contribution in [-0.2, 0) is 4.74 Å². The number of fused-ring (bicyclic) bond motifs is 1. The van der Waals surface area contributed by atoms with E-state index in [4.69, 9.17) is 4.74 Å². The number of carbonyl (C=O) groups is 1. The maximum Gasteiger partial charge on any atom is 0.337 e. The molecule has 1 aliphatic heterocycles. The minimum atomic E-state index is -1.03. The topological polar surface area (TPSA) is 62.3 Å². The Labute approximate surface area is 137 Å². The fourth-order valence-corrected chi connectivity index (χ4v) is 3.26. The van der Waals surface area contributed by atoms with E-state index in [1.165, 1.54) is 12.3 Å². The number of ether oxygens (including phenoxy) is 1. The van der Waals surface area contributed by atoms with Crippen LogP contribution in [0, 0.1) is 5.82 Å². The maximum absolute atomic E-state index is 14.4. The zero-order valence-electron chi connectivity index (χ0n) is 12.9. The van der Waals surface area contributed by atoms with Gasteiger partial charge < -0.3 is 14.8 Å². The summed E-state index contributed by atoms with van der Waals surface area (Å²) in [6.07, 6.45) is 3.57. The molecule has 1 fully saturated rings. The number of carboxylic acids is 1. The number of carboxylic acid groups (broad SMARTS) is 1. The van der Waals surface area contributed by atoms with E-state index in [9.17, 15) is 14.3 Å². The molecule has 1 aromatic heterocycles. The van der Waals surface area contributed by atoms with Crippen LogP contribution < -0.4 is 0 Å². The molecule has 0 unspecified atom stereocenters. The van der Waals surface area contributed by atoms with Gasteiger partial charge in [0.05, 0.1) is 11.7 Å². The number of hydrogen-bond acceptors (Lipinski definition) is 2. The maximum atomic E-state index is 14.4. The minimum absolute atomic E-state index is 0.120. The highest BCUT2D eigenvalue weighted by Gasteiger charge is 2.18. The Morgan fingerprint density at radius 2 is 2.04 bits per heavy atom. The molecule has 0 radical (unpaired) electrons. The van der Waals surface area contributed by atoms with Crippen LogP contribution >= 0.6 is 0 Å². The number of H-pyrrole nitrogens is 1. The summed E-state index contributed by atoms with van der Waals surface area (Å²) in [4.78, 5) is 14.1. The summed E-state index contributed by atoms with van der Waals surface area (Å²) in [6.45, 7) is 0.781. The molecule has 1 atom stereocenters. The molecule has 122 valence electrons. The van der Waals surface area contributed by atoms with Crippen molar-refractivity contribution < 1.29 is 19.0 Å². The summed E-state index contributed by atoms with van der Waals surface area (Å²) in [6, 6.07) is 10.5. The molecule has 2 N–H and O–H groups in total. The van der Waals surface area contributed by atoms with Gasteiger partial charge in [0.15, 0.2) is 0 Å². The number of rotatable bonds is 3.